The number of halogens is 1. The van der Waals surface area contributed by atoms with Crippen LogP contribution in [-0.2, 0) is 11.3 Å². The molecular weight excluding hydrogens is 429 g/mol. The summed E-state index contributed by atoms with van der Waals surface area (Å²) in [5.41, 5.74) is 2.23. The molecule has 0 aliphatic heterocycles. The number of carbonyl (C=O) groups is 1. The van der Waals surface area contributed by atoms with Gasteiger partial charge in [-0.1, -0.05) is 36.4 Å². The minimum Gasteiger partial charge on any atom is -0.356 e. The van der Waals surface area contributed by atoms with E-state index in [2.05, 4.69) is 25.9 Å². The van der Waals surface area contributed by atoms with Crippen LogP contribution in [0.2, 0.25) is 0 Å². The number of pyridine rings is 1. The minimum atomic E-state index is -0.0858. The molecular formula is C18H24IN5O. The fourth-order valence-electron chi connectivity index (χ4n) is 2.04. The lowest BCUT2D eigenvalue weighted by atomic mass is 10.2. The van der Waals surface area contributed by atoms with Crippen molar-refractivity contribution in [2.45, 2.75) is 19.9 Å². The zero-order valence-electron chi connectivity index (χ0n) is 14.5. The quantitative estimate of drug-likeness (QED) is 0.357. The SMILES string of the molecule is CN=C(NCCC(=O)Nc1ccc(C)cn1)NCc1ccccc1.I. The molecule has 1 aromatic carbocycles. The number of rotatable bonds is 6. The third kappa shape index (κ3) is 7.97. The van der Waals surface area contributed by atoms with E-state index in [9.17, 15) is 4.79 Å². The van der Waals surface area contributed by atoms with Gasteiger partial charge in [0.15, 0.2) is 5.96 Å². The first kappa shape index (κ1) is 20.9. The Balaban J connectivity index is 0.00000312. The van der Waals surface area contributed by atoms with Crippen LogP contribution in [0.15, 0.2) is 53.7 Å². The highest BCUT2D eigenvalue weighted by atomic mass is 127. The van der Waals surface area contributed by atoms with Crippen LogP contribution >= 0.6 is 24.0 Å². The lowest BCUT2D eigenvalue weighted by molar-refractivity contribution is -0.116. The molecule has 6 nitrogen and oxygen atoms in total. The number of hydrogen-bond acceptors (Lipinski definition) is 3. The number of anilines is 1. The number of hydrogen-bond donors (Lipinski definition) is 3. The van der Waals surface area contributed by atoms with Gasteiger partial charge in [-0.25, -0.2) is 4.98 Å². The van der Waals surface area contributed by atoms with Crippen molar-refractivity contribution in [2.75, 3.05) is 18.9 Å². The van der Waals surface area contributed by atoms with Crippen molar-refractivity contribution in [1.29, 1.82) is 0 Å². The van der Waals surface area contributed by atoms with Crippen LogP contribution < -0.4 is 16.0 Å². The molecule has 0 aliphatic carbocycles. The number of carbonyl (C=O) groups excluding carboxylic acids is 1. The molecule has 0 saturated heterocycles. The van der Waals surface area contributed by atoms with E-state index in [1.54, 1.807) is 19.3 Å². The fraction of sp³-hybridized carbons (Fsp3) is 0.278. The molecule has 0 unspecified atom stereocenters. The van der Waals surface area contributed by atoms with Crippen molar-refractivity contribution in [3.63, 3.8) is 0 Å². The van der Waals surface area contributed by atoms with Crippen molar-refractivity contribution in [1.82, 2.24) is 15.6 Å². The molecule has 3 N–H and O–H groups in total. The Bertz CT molecular complexity index is 674. The maximum atomic E-state index is 11.9. The van der Waals surface area contributed by atoms with Crippen molar-refractivity contribution in [3.05, 3.63) is 59.8 Å². The van der Waals surface area contributed by atoms with Crippen molar-refractivity contribution < 1.29 is 4.79 Å². The molecule has 1 heterocycles. The summed E-state index contributed by atoms with van der Waals surface area (Å²) in [6.07, 6.45) is 2.06. The molecule has 0 atom stereocenters. The van der Waals surface area contributed by atoms with Crippen molar-refractivity contribution in [2.24, 2.45) is 4.99 Å². The van der Waals surface area contributed by atoms with Crippen LogP contribution in [-0.4, -0.2) is 30.4 Å². The summed E-state index contributed by atoms with van der Waals surface area (Å²) in [5.74, 6) is 1.15. The highest BCUT2D eigenvalue weighted by molar-refractivity contribution is 14.0. The summed E-state index contributed by atoms with van der Waals surface area (Å²) in [7, 11) is 1.70. The summed E-state index contributed by atoms with van der Waals surface area (Å²) >= 11 is 0. The van der Waals surface area contributed by atoms with Crippen LogP contribution in [0.1, 0.15) is 17.5 Å². The van der Waals surface area contributed by atoms with Gasteiger partial charge in [-0.15, -0.1) is 24.0 Å². The molecule has 25 heavy (non-hydrogen) atoms. The Hall–Kier alpha value is -2.16. The van der Waals surface area contributed by atoms with Gasteiger partial charge < -0.3 is 16.0 Å². The second kappa shape index (κ2) is 11.4. The van der Waals surface area contributed by atoms with Crippen LogP contribution in [0, 0.1) is 6.92 Å². The van der Waals surface area contributed by atoms with Gasteiger partial charge in [0, 0.05) is 32.8 Å². The average Bonchev–Trinajstić information content (AvgIpc) is 2.61. The molecule has 134 valence electrons. The van der Waals surface area contributed by atoms with E-state index in [1.165, 1.54) is 5.56 Å². The summed E-state index contributed by atoms with van der Waals surface area (Å²) in [4.78, 5) is 20.2. The second-order valence-corrected chi connectivity index (χ2v) is 5.36. The number of aliphatic imine (C=N–C) groups is 1. The summed E-state index contributed by atoms with van der Waals surface area (Å²) in [6.45, 7) is 3.13. The molecule has 0 fully saturated rings. The van der Waals surface area contributed by atoms with Crippen molar-refractivity contribution in [3.8, 4) is 0 Å². The fourth-order valence-corrected chi connectivity index (χ4v) is 2.04. The summed E-state index contributed by atoms with van der Waals surface area (Å²) in [5, 5.41) is 9.10. The summed E-state index contributed by atoms with van der Waals surface area (Å²) in [6, 6.07) is 13.8. The van der Waals surface area contributed by atoms with E-state index in [0.717, 1.165) is 5.56 Å². The number of amides is 1. The van der Waals surface area contributed by atoms with Gasteiger partial charge in [0.25, 0.3) is 0 Å². The van der Waals surface area contributed by atoms with Crippen molar-refractivity contribution >= 4 is 41.7 Å². The number of nitrogens with zero attached hydrogens (tertiary/aromatic N) is 2. The lowest BCUT2D eigenvalue weighted by Crippen LogP contribution is -2.38. The van der Waals surface area contributed by atoms with Crippen LogP contribution in [0.5, 0.6) is 0 Å². The Kier molecular flexibility index (Phi) is 9.53. The normalized spacial score (nSPS) is 10.6. The molecule has 1 aromatic heterocycles. The molecule has 0 saturated carbocycles. The molecule has 0 aliphatic rings. The minimum absolute atomic E-state index is 0. The third-order valence-corrected chi connectivity index (χ3v) is 3.35. The molecule has 2 rings (SSSR count). The lowest BCUT2D eigenvalue weighted by Gasteiger charge is -2.12. The standard InChI is InChI=1S/C18H23N5O.HI/c1-14-8-9-16(21-12-14)23-17(24)10-11-20-18(19-2)22-13-15-6-4-3-5-7-15;/h3-9,12H,10-11,13H2,1-2H3,(H2,19,20,22)(H,21,23,24);1H. The predicted molar refractivity (Wildman–Crippen MR) is 112 cm³/mol. The van der Waals surface area contributed by atoms with Gasteiger partial charge in [0.05, 0.1) is 0 Å². The van der Waals surface area contributed by atoms with Gasteiger partial charge >= 0.3 is 0 Å². The monoisotopic (exact) mass is 453 g/mol. The van der Waals surface area contributed by atoms with E-state index >= 15 is 0 Å². The number of guanidine groups is 1. The zero-order chi connectivity index (χ0) is 17.2. The maximum Gasteiger partial charge on any atom is 0.227 e. The average molecular weight is 453 g/mol. The first-order chi connectivity index (χ1) is 11.7. The largest absolute Gasteiger partial charge is 0.356 e. The zero-order valence-corrected chi connectivity index (χ0v) is 16.8. The van der Waals surface area contributed by atoms with Crippen LogP contribution in [0.25, 0.3) is 0 Å². The van der Waals surface area contributed by atoms with E-state index in [0.29, 0.717) is 31.3 Å². The van der Waals surface area contributed by atoms with E-state index in [1.807, 2.05) is 43.3 Å². The van der Waals surface area contributed by atoms with Gasteiger partial charge in [-0.05, 0) is 24.1 Å². The molecule has 2 aromatic rings. The van der Waals surface area contributed by atoms with Gasteiger partial charge in [0.1, 0.15) is 5.82 Å². The smallest absolute Gasteiger partial charge is 0.227 e. The Labute approximate surface area is 165 Å². The van der Waals surface area contributed by atoms with E-state index in [-0.39, 0.29) is 29.9 Å². The number of aromatic nitrogens is 1. The van der Waals surface area contributed by atoms with E-state index < -0.39 is 0 Å². The Morgan fingerprint density at radius 3 is 2.52 bits per heavy atom. The Morgan fingerprint density at radius 2 is 1.88 bits per heavy atom. The molecule has 7 heteroatoms. The number of nitrogens with one attached hydrogen (secondary N) is 3. The highest BCUT2D eigenvalue weighted by Crippen LogP contribution is 2.04. The van der Waals surface area contributed by atoms with E-state index in [4.69, 9.17) is 0 Å². The topological polar surface area (TPSA) is 78.4 Å². The summed E-state index contributed by atoms with van der Waals surface area (Å²) < 4.78 is 0. The second-order valence-electron chi connectivity index (χ2n) is 5.36. The van der Waals surface area contributed by atoms with Gasteiger partial charge in [-0.2, -0.15) is 0 Å². The Morgan fingerprint density at radius 1 is 1.12 bits per heavy atom. The van der Waals surface area contributed by atoms with Crippen LogP contribution in [0.4, 0.5) is 5.82 Å². The first-order valence-corrected chi connectivity index (χ1v) is 7.88. The number of benzene rings is 1. The maximum absolute atomic E-state index is 11.9. The first-order valence-electron chi connectivity index (χ1n) is 7.88. The molecule has 0 bridgehead atoms. The molecule has 0 radical (unpaired) electrons. The third-order valence-electron chi connectivity index (χ3n) is 3.35. The molecule has 1 amide bonds. The predicted octanol–water partition coefficient (Wildman–Crippen LogP) is 2.70. The molecule has 0 spiro atoms. The van der Waals surface area contributed by atoms with Gasteiger partial charge in [-0.3, -0.25) is 9.79 Å². The van der Waals surface area contributed by atoms with Gasteiger partial charge in [0.2, 0.25) is 5.91 Å². The highest BCUT2D eigenvalue weighted by Gasteiger charge is 2.04. The number of aryl methyl sites for hydroxylation is 1. The van der Waals surface area contributed by atoms with Crippen LogP contribution in [0.3, 0.4) is 0 Å².